The minimum atomic E-state index is -3.52. The van der Waals surface area contributed by atoms with Gasteiger partial charge >= 0.3 is 0 Å². The molecule has 1 fully saturated rings. The van der Waals surface area contributed by atoms with Crippen LogP contribution in [-0.2, 0) is 36.5 Å². The molecule has 0 saturated heterocycles. The normalized spacial score (nSPS) is 17.8. The van der Waals surface area contributed by atoms with E-state index in [2.05, 4.69) is 5.10 Å². The molecule has 5 nitrogen and oxygen atoms in total. The summed E-state index contributed by atoms with van der Waals surface area (Å²) in [6, 6.07) is 7.97. The van der Waals surface area contributed by atoms with Gasteiger partial charge in [0.15, 0.2) is 0 Å². The van der Waals surface area contributed by atoms with Gasteiger partial charge in [-0.3, -0.25) is 4.68 Å². The third-order valence-electron chi connectivity index (χ3n) is 6.07. The number of benzene rings is 1. The lowest BCUT2D eigenvalue weighted by molar-refractivity contribution is 0.315. The van der Waals surface area contributed by atoms with E-state index in [1.54, 1.807) is 10.4 Å². The molecule has 2 aliphatic carbocycles. The van der Waals surface area contributed by atoms with Crippen molar-refractivity contribution in [3.05, 3.63) is 57.8 Å². The van der Waals surface area contributed by atoms with E-state index >= 15 is 0 Å². The van der Waals surface area contributed by atoms with E-state index in [0.717, 1.165) is 61.8 Å². The Kier molecular flexibility index (Phi) is 5.43. The monoisotopic (exact) mass is 399 g/mol. The zero-order chi connectivity index (χ0) is 19.7. The highest BCUT2D eigenvalue weighted by molar-refractivity contribution is 7.92. The topological polar surface area (TPSA) is 55.2 Å². The Morgan fingerprint density at radius 2 is 1.86 bits per heavy atom. The second-order valence-electron chi connectivity index (χ2n) is 8.09. The lowest BCUT2D eigenvalue weighted by Gasteiger charge is -2.26. The number of aryl methyl sites for hydroxylation is 2. The molecule has 1 aromatic carbocycles. The fourth-order valence-electron chi connectivity index (χ4n) is 4.51. The Morgan fingerprint density at radius 3 is 2.57 bits per heavy atom. The molecule has 0 N–H and O–H groups in total. The van der Waals surface area contributed by atoms with Crippen molar-refractivity contribution < 1.29 is 8.42 Å². The molecule has 0 radical (unpaired) electrons. The number of aromatic nitrogens is 2. The SMILES string of the molecule is Cc1ccc(/C=C/S(=O)(=O)N(Cc2nn(C)c3c2CCC3)C2CCCC2)cc1. The minimum absolute atomic E-state index is 0.0757. The standard InChI is InChI=1S/C22H29N3O2S/c1-17-10-12-18(13-11-17)14-15-28(26,27)25(19-6-3-4-7-19)16-21-20-8-5-9-22(20)24(2)23-21/h10-15,19H,3-9,16H2,1-2H3/b15-14+. The average molecular weight is 400 g/mol. The first-order chi connectivity index (χ1) is 13.4. The molecule has 0 unspecified atom stereocenters. The van der Waals surface area contributed by atoms with Crippen LogP contribution in [0.2, 0.25) is 0 Å². The van der Waals surface area contributed by atoms with Crippen LogP contribution < -0.4 is 0 Å². The van der Waals surface area contributed by atoms with Gasteiger partial charge in [0.25, 0.3) is 0 Å². The van der Waals surface area contributed by atoms with Crippen molar-refractivity contribution in [2.24, 2.45) is 7.05 Å². The van der Waals surface area contributed by atoms with E-state index in [0.29, 0.717) is 6.54 Å². The lowest BCUT2D eigenvalue weighted by atomic mass is 10.2. The van der Waals surface area contributed by atoms with Gasteiger partial charge in [-0.2, -0.15) is 9.40 Å². The van der Waals surface area contributed by atoms with Crippen LogP contribution in [0.5, 0.6) is 0 Å². The van der Waals surface area contributed by atoms with Gasteiger partial charge in [-0.15, -0.1) is 0 Å². The predicted molar refractivity (Wildman–Crippen MR) is 112 cm³/mol. The number of hydrogen-bond donors (Lipinski definition) is 0. The van der Waals surface area contributed by atoms with Crippen LogP contribution >= 0.6 is 0 Å². The number of rotatable bonds is 6. The van der Waals surface area contributed by atoms with Gasteiger partial charge in [-0.05, 0) is 56.2 Å². The minimum Gasteiger partial charge on any atom is -0.272 e. The average Bonchev–Trinajstić information content (AvgIpc) is 3.40. The van der Waals surface area contributed by atoms with Crippen molar-refractivity contribution in [3.8, 4) is 0 Å². The van der Waals surface area contributed by atoms with Crippen molar-refractivity contribution >= 4 is 16.1 Å². The van der Waals surface area contributed by atoms with Crippen molar-refractivity contribution in [1.82, 2.24) is 14.1 Å². The zero-order valence-corrected chi connectivity index (χ0v) is 17.6. The number of sulfonamides is 1. The van der Waals surface area contributed by atoms with E-state index in [1.807, 2.05) is 42.9 Å². The van der Waals surface area contributed by atoms with Crippen LogP contribution in [0.4, 0.5) is 0 Å². The highest BCUT2D eigenvalue weighted by Gasteiger charge is 2.33. The van der Waals surface area contributed by atoms with Crippen molar-refractivity contribution in [1.29, 1.82) is 0 Å². The molecule has 1 aromatic heterocycles. The summed E-state index contributed by atoms with van der Waals surface area (Å²) < 4.78 is 30.2. The second kappa shape index (κ2) is 7.84. The third-order valence-corrected chi connectivity index (χ3v) is 7.63. The van der Waals surface area contributed by atoms with Crippen molar-refractivity contribution in [2.75, 3.05) is 0 Å². The van der Waals surface area contributed by atoms with Crippen LogP contribution in [0.15, 0.2) is 29.7 Å². The summed E-state index contributed by atoms with van der Waals surface area (Å²) in [7, 11) is -1.55. The maximum atomic E-state index is 13.3. The summed E-state index contributed by atoms with van der Waals surface area (Å²) >= 11 is 0. The first kappa shape index (κ1) is 19.4. The van der Waals surface area contributed by atoms with E-state index in [1.165, 1.54) is 16.7 Å². The van der Waals surface area contributed by atoms with Crippen molar-refractivity contribution in [2.45, 2.75) is 64.5 Å². The fraction of sp³-hybridized carbons (Fsp3) is 0.500. The Hall–Kier alpha value is -1.92. The van der Waals surface area contributed by atoms with Crippen molar-refractivity contribution in [3.63, 3.8) is 0 Å². The summed E-state index contributed by atoms with van der Waals surface area (Å²) in [6.07, 6.45) is 8.96. The summed E-state index contributed by atoms with van der Waals surface area (Å²) in [4.78, 5) is 0. The molecule has 1 heterocycles. The quantitative estimate of drug-likeness (QED) is 0.739. The van der Waals surface area contributed by atoms with E-state index in [4.69, 9.17) is 0 Å². The smallest absolute Gasteiger partial charge is 0.236 e. The lowest BCUT2D eigenvalue weighted by Crippen LogP contribution is -2.37. The Labute approximate surface area is 168 Å². The highest BCUT2D eigenvalue weighted by atomic mass is 32.2. The van der Waals surface area contributed by atoms with Crippen LogP contribution in [0.3, 0.4) is 0 Å². The molecule has 150 valence electrons. The van der Waals surface area contributed by atoms with Gasteiger partial charge < -0.3 is 0 Å². The Bertz CT molecular complexity index is 968. The van der Waals surface area contributed by atoms with E-state index in [-0.39, 0.29) is 6.04 Å². The molecule has 0 atom stereocenters. The molecule has 6 heteroatoms. The molecule has 0 amide bonds. The number of nitrogens with zero attached hydrogens (tertiary/aromatic N) is 3. The van der Waals surface area contributed by atoms with E-state index < -0.39 is 10.0 Å². The van der Waals surface area contributed by atoms with Crippen LogP contribution in [0.25, 0.3) is 6.08 Å². The predicted octanol–water partition coefficient (Wildman–Crippen LogP) is 3.96. The molecule has 2 aliphatic rings. The van der Waals surface area contributed by atoms with Gasteiger partial charge in [0, 0.05) is 24.2 Å². The Morgan fingerprint density at radius 1 is 1.14 bits per heavy atom. The largest absolute Gasteiger partial charge is 0.272 e. The molecule has 0 aliphatic heterocycles. The zero-order valence-electron chi connectivity index (χ0n) is 16.8. The van der Waals surface area contributed by atoms with Gasteiger partial charge in [0.2, 0.25) is 10.0 Å². The second-order valence-corrected chi connectivity index (χ2v) is 9.86. The molecular weight excluding hydrogens is 370 g/mol. The van der Waals surface area contributed by atoms with E-state index in [9.17, 15) is 8.42 Å². The number of fused-ring (bicyclic) bond motifs is 1. The summed E-state index contributed by atoms with van der Waals surface area (Å²) in [5.74, 6) is 0. The molecule has 2 aromatic rings. The molecular formula is C22H29N3O2S. The summed E-state index contributed by atoms with van der Waals surface area (Å²) in [6.45, 7) is 2.41. The summed E-state index contributed by atoms with van der Waals surface area (Å²) in [5, 5.41) is 6.05. The van der Waals surface area contributed by atoms with Gasteiger partial charge in [-0.25, -0.2) is 8.42 Å². The van der Waals surface area contributed by atoms with Gasteiger partial charge in [0.1, 0.15) is 0 Å². The maximum absolute atomic E-state index is 13.3. The Balaban J connectivity index is 1.62. The molecule has 1 saturated carbocycles. The fourth-order valence-corrected chi connectivity index (χ4v) is 5.93. The first-order valence-corrected chi connectivity index (χ1v) is 11.7. The van der Waals surface area contributed by atoms with Crippen LogP contribution in [0.1, 0.15) is 60.2 Å². The van der Waals surface area contributed by atoms with Gasteiger partial charge in [-0.1, -0.05) is 42.7 Å². The highest BCUT2D eigenvalue weighted by Crippen LogP contribution is 2.31. The molecule has 4 rings (SSSR count). The first-order valence-electron chi connectivity index (χ1n) is 10.2. The molecule has 0 spiro atoms. The summed E-state index contributed by atoms with van der Waals surface area (Å²) in [5.41, 5.74) is 5.54. The van der Waals surface area contributed by atoms with Gasteiger partial charge in [0.05, 0.1) is 12.2 Å². The maximum Gasteiger partial charge on any atom is 0.236 e. The number of hydrogen-bond acceptors (Lipinski definition) is 3. The molecule has 0 bridgehead atoms. The van der Waals surface area contributed by atoms with Crippen LogP contribution in [0, 0.1) is 6.92 Å². The third kappa shape index (κ3) is 3.94. The molecule has 28 heavy (non-hydrogen) atoms. The van der Waals surface area contributed by atoms with Crippen LogP contribution in [-0.4, -0.2) is 28.5 Å².